The molecule has 0 aliphatic carbocycles. The molecule has 0 N–H and O–H groups in total. The van der Waals surface area contributed by atoms with Gasteiger partial charge in [0.1, 0.15) is 11.4 Å². The molecule has 0 spiro atoms. The van der Waals surface area contributed by atoms with Gasteiger partial charge in [0.15, 0.2) is 7.05 Å². The number of para-hydroxylation sites is 2. The van der Waals surface area contributed by atoms with E-state index in [4.69, 9.17) is 4.74 Å². The normalized spacial score (nSPS) is 17.7. The number of benzene rings is 2. The van der Waals surface area contributed by atoms with E-state index in [2.05, 4.69) is 4.99 Å². The summed E-state index contributed by atoms with van der Waals surface area (Å²) < 4.78 is 7.17. The number of nitrogens with zero attached hydrogens (tertiary/aromatic N) is 3. The minimum atomic E-state index is -0.512. The minimum absolute atomic E-state index is 0.0573. The monoisotopic (exact) mass is 348 g/mol. The number of methoxy groups -OCH3 is 1. The Morgan fingerprint density at radius 2 is 1.81 bits per heavy atom. The highest BCUT2D eigenvalue weighted by Gasteiger charge is 2.43. The molecule has 1 unspecified atom stereocenters. The first kappa shape index (κ1) is 17.6. The van der Waals surface area contributed by atoms with Gasteiger partial charge in [0.2, 0.25) is 11.8 Å². The van der Waals surface area contributed by atoms with Gasteiger partial charge in [0.25, 0.3) is 0 Å². The third-order valence-electron chi connectivity index (χ3n) is 4.39. The molecular formula is C21H22N3O2+. The fourth-order valence-electron chi connectivity index (χ4n) is 2.90. The smallest absolute Gasteiger partial charge is 0.318 e. The highest BCUT2D eigenvalue weighted by Crippen LogP contribution is 2.21. The first-order valence-corrected chi connectivity index (χ1v) is 8.42. The molecule has 2 aromatic carbocycles. The van der Waals surface area contributed by atoms with Gasteiger partial charge in [0, 0.05) is 18.7 Å². The molecule has 5 nitrogen and oxygen atoms in total. The first-order chi connectivity index (χ1) is 12.6. The lowest BCUT2D eigenvalue weighted by Crippen LogP contribution is -2.35. The van der Waals surface area contributed by atoms with Gasteiger partial charge in [-0.2, -0.15) is 0 Å². The highest BCUT2D eigenvalue weighted by molar-refractivity contribution is 6.15. The number of hydrogen-bond donors (Lipinski definition) is 0. The molecule has 0 aromatic heterocycles. The van der Waals surface area contributed by atoms with Crippen LogP contribution in [0.3, 0.4) is 0 Å². The maximum atomic E-state index is 12.8. The Morgan fingerprint density at radius 1 is 1.12 bits per heavy atom. The molecule has 26 heavy (non-hydrogen) atoms. The number of hydrogen-bond acceptors (Lipinski definition) is 3. The van der Waals surface area contributed by atoms with Crippen LogP contribution in [0.2, 0.25) is 0 Å². The van der Waals surface area contributed by atoms with Gasteiger partial charge >= 0.3 is 5.91 Å². The number of aliphatic imine (C=N–C) groups is 1. The number of ether oxygens (including phenoxy) is 1. The number of allylic oxidation sites excluding steroid dienone is 1. The molecule has 0 saturated heterocycles. The lowest BCUT2D eigenvalue weighted by Gasteiger charge is -2.10. The molecule has 0 bridgehead atoms. The van der Waals surface area contributed by atoms with Crippen LogP contribution in [0.5, 0.6) is 5.75 Å². The summed E-state index contributed by atoms with van der Waals surface area (Å²) >= 11 is 0. The number of hydrazone groups is 1. The van der Waals surface area contributed by atoms with Crippen molar-refractivity contribution in [3.05, 3.63) is 66.2 Å². The second-order valence-electron chi connectivity index (χ2n) is 5.95. The molecule has 1 heterocycles. The number of carbonyl (C=O) groups excluding carboxylic acids is 1. The summed E-state index contributed by atoms with van der Waals surface area (Å²) in [6.45, 7) is 1.92. The Hall–Kier alpha value is -3.21. The molecule has 1 amide bonds. The van der Waals surface area contributed by atoms with Crippen LogP contribution >= 0.6 is 0 Å². The molecule has 0 radical (unpaired) electrons. The van der Waals surface area contributed by atoms with Crippen LogP contribution in [0, 0.1) is 0 Å². The number of amides is 1. The summed E-state index contributed by atoms with van der Waals surface area (Å²) in [4.78, 5) is 17.3. The molecule has 132 valence electrons. The quantitative estimate of drug-likeness (QED) is 0.615. The number of carbonyl (C=O) groups is 1. The predicted molar refractivity (Wildman–Crippen MR) is 105 cm³/mol. The minimum Gasteiger partial charge on any atom is -0.496 e. The predicted octanol–water partition coefficient (Wildman–Crippen LogP) is 3.21. The highest BCUT2D eigenvalue weighted by atomic mass is 16.5. The van der Waals surface area contributed by atoms with Crippen LogP contribution in [-0.2, 0) is 4.79 Å². The summed E-state index contributed by atoms with van der Waals surface area (Å²) in [5.41, 5.74) is 2.69. The lowest BCUT2D eigenvalue weighted by molar-refractivity contribution is -0.495. The van der Waals surface area contributed by atoms with Crippen LogP contribution in [0.15, 0.2) is 65.7 Å². The summed E-state index contributed by atoms with van der Waals surface area (Å²) in [5.74, 6) is 0.741. The summed E-state index contributed by atoms with van der Waals surface area (Å²) in [6, 6.07) is 16.8. The topological polar surface area (TPSA) is 44.9 Å². The number of rotatable bonds is 5. The van der Waals surface area contributed by atoms with E-state index in [1.54, 1.807) is 18.3 Å². The summed E-state index contributed by atoms with van der Waals surface area (Å²) in [5, 5.41) is 1.65. The molecule has 1 atom stereocenters. The maximum absolute atomic E-state index is 12.8. The fourth-order valence-corrected chi connectivity index (χ4v) is 2.90. The van der Waals surface area contributed by atoms with Crippen molar-refractivity contribution in [2.45, 2.75) is 13.0 Å². The average molecular weight is 348 g/mol. The third kappa shape index (κ3) is 3.42. The van der Waals surface area contributed by atoms with Gasteiger partial charge < -0.3 is 4.74 Å². The molecule has 5 heteroatoms. The zero-order valence-electron chi connectivity index (χ0n) is 15.2. The standard InChI is InChI=1S/C21H22N3O2/c1-16-20(21(25)24(23(16)2)18-12-5-4-6-13-18)22-15-9-11-17-10-7-8-14-19(17)26-3/h4-15,20H,1-3H3/q+1/b11-9+,22-15?. The van der Waals surface area contributed by atoms with Gasteiger partial charge in [-0.05, 0) is 30.4 Å². The van der Waals surface area contributed by atoms with E-state index in [1.807, 2.05) is 85.4 Å². The number of anilines is 1. The van der Waals surface area contributed by atoms with Crippen molar-refractivity contribution in [1.82, 2.24) is 0 Å². The van der Waals surface area contributed by atoms with Gasteiger partial charge in [0.05, 0.1) is 7.11 Å². The largest absolute Gasteiger partial charge is 0.496 e. The SMILES string of the molecule is COc1ccccc1/C=C/C=NC1C(=O)N(c2ccccc2)[N+](C)=C1C. The molecule has 0 fully saturated rings. The molecular weight excluding hydrogens is 326 g/mol. The van der Waals surface area contributed by atoms with E-state index in [9.17, 15) is 4.79 Å². The van der Waals surface area contributed by atoms with E-state index in [0.29, 0.717) is 0 Å². The van der Waals surface area contributed by atoms with Crippen molar-refractivity contribution in [3.8, 4) is 5.75 Å². The fraction of sp³-hybridized carbons (Fsp3) is 0.190. The Bertz CT molecular complexity index is 885. The van der Waals surface area contributed by atoms with Crippen molar-refractivity contribution in [2.75, 3.05) is 19.2 Å². The van der Waals surface area contributed by atoms with E-state index in [0.717, 1.165) is 22.7 Å². The third-order valence-corrected chi connectivity index (χ3v) is 4.39. The summed E-state index contributed by atoms with van der Waals surface area (Å²) in [7, 11) is 3.52. The Morgan fingerprint density at radius 3 is 2.54 bits per heavy atom. The second kappa shape index (κ2) is 7.78. The van der Waals surface area contributed by atoms with Crippen LogP contribution in [0.25, 0.3) is 6.08 Å². The Labute approximate surface area is 153 Å². The first-order valence-electron chi connectivity index (χ1n) is 8.42. The van der Waals surface area contributed by atoms with E-state index in [-0.39, 0.29) is 5.91 Å². The molecule has 3 rings (SSSR count). The van der Waals surface area contributed by atoms with Crippen LogP contribution in [0.4, 0.5) is 5.69 Å². The molecule has 2 aromatic rings. The average Bonchev–Trinajstić information content (AvgIpc) is 2.89. The molecule has 1 aliphatic heterocycles. The van der Waals surface area contributed by atoms with Crippen molar-refractivity contribution < 1.29 is 14.2 Å². The van der Waals surface area contributed by atoms with Crippen LogP contribution < -0.4 is 9.75 Å². The zero-order chi connectivity index (χ0) is 18.5. The van der Waals surface area contributed by atoms with E-state index >= 15 is 0 Å². The molecule has 1 aliphatic rings. The summed E-state index contributed by atoms with van der Waals surface area (Å²) in [6.07, 6.45) is 5.40. The second-order valence-corrected chi connectivity index (χ2v) is 5.95. The zero-order valence-corrected chi connectivity index (χ0v) is 15.2. The van der Waals surface area contributed by atoms with Crippen LogP contribution in [0.1, 0.15) is 12.5 Å². The van der Waals surface area contributed by atoms with Crippen molar-refractivity contribution in [1.29, 1.82) is 0 Å². The van der Waals surface area contributed by atoms with Crippen molar-refractivity contribution in [2.24, 2.45) is 4.99 Å². The van der Waals surface area contributed by atoms with Gasteiger partial charge in [-0.3, -0.25) is 9.79 Å². The van der Waals surface area contributed by atoms with Gasteiger partial charge in [-0.15, -0.1) is 4.68 Å². The van der Waals surface area contributed by atoms with Crippen LogP contribution in [-0.4, -0.2) is 42.7 Å². The van der Waals surface area contributed by atoms with E-state index in [1.165, 1.54) is 0 Å². The van der Waals surface area contributed by atoms with Gasteiger partial charge in [-0.1, -0.05) is 41.4 Å². The van der Waals surface area contributed by atoms with Gasteiger partial charge in [-0.25, -0.2) is 0 Å². The molecule has 0 saturated carbocycles. The number of hydrazine groups is 1. The van der Waals surface area contributed by atoms with Crippen molar-refractivity contribution >= 4 is 29.6 Å². The Kier molecular flexibility index (Phi) is 5.27. The van der Waals surface area contributed by atoms with Crippen molar-refractivity contribution in [3.63, 3.8) is 0 Å². The maximum Gasteiger partial charge on any atom is 0.318 e. The lowest BCUT2D eigenvalue weighted by atomic mass is 10.2. The Balaban J connectivity index is 1.77. The van der Waals surface area contributed by atoms with E-state index < -0.39 is 6.04 Å².